The van der Waals surface area contributed by atoms with Gasteiger partial charge in [-0.05, 0) is 13.0 Å². The highest BCUT2D eigenvalue weighted by Crippen LogP contribution is 2.11. The van der Waals surface area contributed by atoms with Gasteiger partial charge in [-0.2, -0.15) is 0 Å². The Morgan fingerprint density at radius 3 is 2.67 bits per heavy atom. The van der Waals surface area contributed by atoms with Crippen LogP contribution in [0, 0.1) is 0 Å². The minimum Gasteiger partial charge on any atom is -0.494 e. The molecule has 0 bridgehead atoms. The SMILES string of the molecule is C[C@@H](N)[C@H]1OC=C[C@H]1O. The molecule has 0 unspecified atom stereocenters. The first-order chi connectivity index (χ1) is 4.22. The lowest BCUT2D eigenvalue weighted by Gasteiger charge is -2.17. The quantitative estimate of drug-likeness (QED) is 0.507. The molecule has 3 N–H and O–H groups in total. The van der Waals surface area contributed by atoms with Crippen LogP contribution in [0.3, 0.4) is 0 Å². The molecule has 0 radical (unpaired) electrons. The van der Waals surface area contributed by atoms with Gasteiger partial charge in [0.05, 0.1) is 6.26 Å². The zero-order chi connectivity index (χ0) is 6.85. The summed E-state index contributed by atoms with van der Waals surface area (Å²) < 4.78 is 4.97. The van der Waals surface area contributed by atoms with E-state index in [4.69, 9.17) is 15.6 Å². The van der Waals surface area contributed by atoms with Crippen molar-refractivity contribution in [3.63, 3.8) is 0 Å². The molecule has 0 fully saturated rings. The van der Waals surface area contributed by atoms with Gasteiger partial charge in [0.1, 0.15) is 12.2 Å². The molecular formula is C6H11NO2. The number of aliphatic hydroxyl groups is 1. The topological polar surface area (TPSA) is 55.5 Å². The van der Waals surface area contributed by atoms with Crippen LogP contribution in [0.25, 0.3) is 0 Å². The maximum absolute atomic E-state index is 9.07. The standard InChI is InChI=1S/C6H11NO2/c1-4(7)6-5(8)2-3-9-6/h2-6,8H,7H2,1H3/t4-,5-,6-/m1/s1. The van der Waals surface area contributed by atoms with E-state index < -0.39 is 6.10 Å². The second-order valence-electron chi connectivity index (χ2n) is 2.28. The molecule has 1 rings (SSSR count). The molecule has 0 aromatic carbocycles. The van der Waals surface area contributed by atoms with E-state index in [1.807, 2.05) is 0 Å². The summed E-state index contributed by atoms with van der Waals surface area (Å²) in [6.45, 7) is 1.81. The Kier molecular flexibility index (Phi) is 1.73. The number of nitrogens with two attached hydrogens (primary N) is 1. The van der Waals surface area contributed by atoms with Crippen LogP contribution in [0.5, 0.6) is 0 Å². The van der Waals surface area contributed by atoms with Crippen molar-refractivity contribution in [1.82, 2.24) is 0 Å². The third kappa shape index (κ3) is 1.23. The van der Waals surface area contributed by atoms with Crippen LogP contribution in [0.2, 0.25) is 0 Å². The Morgan fingerprint density at radius 1 is 1.78 bits per heavy atom. The van der Waals surface area contributed by atoms with Crippen LogP contribution in [-0.2, 0) is 4.74 Å². The van der Waals surface area contributed by atoms with E-state index in [1.165, 1.54) is 6.26 Å². The number of hydrogen-bond acceptors (Lipinski definition) is 3. The Labute approximate surface area is 54.1 Å². The summed E-state index contributed by atoms with van der Waals surface area (Å²) in [7, 11) is 0. The molecule has 0 aliphatic carbocycles. The van der Waals surface area contributed by atoms with Gasteiger partial charge >= 0.3 is 0 Å². The van der Waals surface area contributed by atoms with E-state index in [2.05, 4.69) is 0 Å². The van der Waals surface area contributed by atoms with Crippen molar-refractivity contribution in [1.29, 1.82) is 0 Å². The largest absolute Gasteiger partial charge is 0.494 e. The van der Waals surface area contributed by atoms with Crippen molar-refractivity contribution in [2.45, 2.75) is 25.2 Å². The van der Waals surface area contributed by atoms with Crippen molar-refractivity contribution in [2.24, 2.45) is 5.73 Å². The van der Waals surface area contributed by atoms with Crippen LogP contribution >= 0.6 is 0 Å². The first-order valence-corrected chi connectivity index (χ1v) is 2.97. The molecular weight excluding hydrogens is 118 g/mol. The first kappa shape index (κ1) is 6.58. The molecule has 3 nitrogen and oxygen atoms in total. The van der Waals surface area contributed by atoms with Gasteiger partial charge < -0.3 is 15.6 Å². The highest BCUT2D eigenvalue weighted by Gasteiger charge is 2.25. The summed E-state index contributed by atoms with van der Waals surface area (Å²) in [5, 5.41) is 9.07. The lowest BCUT2D eigenvalue weighted by atomic mass is 10.1. The van der Waals surface area contributed by atoms with Crippen LogP contribution in [0.15, 0.2) is 12.3 Å². The normalized spacial score (nSPS) is 36.3. The Hall–Kier alpha value is -0.540. The minimum absolute atomic E-state index is 0.116. The van der Waals surface area contributed by atoms with Gasteiger partial charge in [-0.25, -0.2) is 0 Å². The summed E-state index contributed by atoms with van der Waals surface area (Å²) in [5.74, 6) is 0. The maximum Gasteiger partial charge on any atom is 0.142 e. The summed E-state index contributed by atoms with van der Waals surface area (Å²) in [6, 6.07) is -0.116. The molecule has 0 amide bonds. The molecule has 3 heteroatoms. The lowest BCUT2D eigenvalue weighted by molar-refractivity contribution is 0.0494. The molecule has 9 heavy (non-hydrogen) atoms. The summed E-state index contributed by atoms with van der Waals surface area (Å²) in [4.78, 5) is 0. The Morgan fingerprint density at radius 2 is 2.44 bits per heavy atom. The van der Waals surface area contributed by atoms with E-state index in [1.54, 1.807) is 13.0 Å². The summed E-state index contributed by atoms with van der Waals surface area (Å²) in [5.41, 5.74) is 5.46. The fourth-order valence-corrected chi connectivity index (χ4v) is 0.842. The van der Waals surface area contributed by atoms with Gasteiger partial charge in [-0.15, -0.1) is 0 Å². The number of rotatable bonds is 1. The van der Waals surface area contributed by atoms with Crippen molar-refractivity contribution in [3.8, 4) is 0 Å². The molecule has 0 saturated carbocycles. The minimum atomic E-state index is -0.523. The molecule has 1 heterocycles. The smallest absolute Gasteiger partial charge is 0.142 e. The van der Waals surface area contributed by atoms with E-state index >= 15 is 0 Å². The molecule has 0 aromatic rings. The molecule has 0 saturated heterocycles. The fraction of sp³-hybridized carbons (Fsp3) is 0.667. The average Bonchev–Trinajstić information content (AvgIpc) is 2.13. The predicted molar refractivity (Wildman–Crippen MR) is 33.7 cm³/mol. The Bertz CT molecular complexity index is 122. The van der Waals surface area contributed by atoms with Gasteiger partial charge in [0.25, 0.3) is 0 Å². The summed E-state index contributed by atoms with van der Waals surface area (Å²) >= 11 is 0. The fourth-order valence-electron chi connectivity index (χ4n) is 0.842. The second-order valence-corrected chi connectivity index (χ2v) is 2.28. The second kappa shape index (κ2) is 2.37. The van der Waals surface area contributed by atoms with Crippen LogP contribution in [-0.4, -0.2) is 23.4 Å². The highest BCUT2D eigenvalue weighted by molar-refractivity contribution is 4.98. The van der Waals surface area contributed by atoms with Crippen LogP contribution in [0.1, 0.15) is 6.92 Å². The van der Waals surface area contributed by atoms with E-state index in [-0.39, 0.29) is 12.1 Å². The molecule has 52 valence electrons. The zero-order valence-electron chi connectivity index (χ0n) is 5.32. The lowest BCUT2D eigenvalue weighted by Crippen LogP contribution is -2.38. The highest BCUT2D eigenvalue weighted by atomic mass is 16.5. The van der Waals surface area contributed by atoms with Crippen molar-refractivity contribution >= 4 is 0 Å². The van der Waals surface area contributed by atoms with E-state index in [0.717, 1.165) is 0 Å². The third-order valence-corrected chi connectivity index (χ3v) is 1.37. The van der Waals surface area contributed by atoms with Crippen molar-refractivity contribution in [3.05, 3.63) is 12.3 Å². The van der Waals surface area contributed by atoms with E-state index in [0.29, 0.717) is 0 Å². The maximum atomic E-state index is 9.07. The molecule has 3 atom stereocenters. The van der Waals surface area contributed by atoms with Gasteiger partial charge in [-0.3, -0.25) is 0 Å². The van der Waals surface area contributed by atoms with Gasteiger partial charge in [0.15, 0.2) is 0 Å². The van der Waals surface area contributed by atoms with Crippen molar-refractivity contribution in [2.75, 3.05) is 0 Å². The predicted octanol–water partition coefficient (Wildman–Crippen LogP) is -0.393. The van der Waals surface area contributed by atoms with Crippen LogP contribution < -0.4 is 5.73 Å². The molecule has 0 spiro atoms. The monoisotopic (exact) mass is 129 g/mol. The van der Waals surface area contributed by atoms with Crippen molar-refractivity contribution < 1.29 is 9.84 Å². The third-order valence-electron chi connectivity index (χ3n) is 1.37. The molecule has 0 aromatic heterocycles. The number of hydrogen-bond donors (Lipinski definition) is 2. The van der Waals surface area contributed by atoms with Gasteiger partial charge in [0, 0.05) is 6.04 Å². The molecule has 1 aliphatic heterocycles. The van der Waals surface area contributed by atoms with E-state index in [9.17, 15) is 0 Å². The van der Waals surface area contributed by atoms with Crippen LogP contribution in [0.4, 0.5) is 0 Å². The Balaban J connectivity index is 2.45. The average molecular weight is 129 g/mol. The molecule has 1 aliphatic rings. The zero-order valence-corrected chi connectivity index (χ0v) is 5.32. The number of aliphatic hydroxyl groups excluding tert-OH is 1. The first-order valence-electron chi connectivity index (χ1n) is 2.97. The van der Waals surface area contributed by atoms with Gasteiger partial charge in [0.2, 0.25) is 0 Å². The van der Waals surface area contributed by atoms with Gasteiger partial charge in [-0.1, -0.05) is 0 Å². The summed E-state index contributed by atoms with van der Waals surface area (Å²) in [6.07, 6.45) is 2.31. The number of ether oxygens (including phenoxy) is 1.